The van der Waals surface area contributed by atoms with E-state index in [9.17, 15) is 4.79 Å². The predicted octanol–water partition coefficient (Wildman–Crippen LogP) is 2.32. The van der Waals surface area contributed by atoms with E-state index in [0.717, 1.165) is 13.1 Å². The number of benzene rings is 1. The van der Waals surface area contributed by atoms with Crippen molar-refractivity contribution in [3.63, 3.8) is 0 Å². The molecule has 1 aromatic rings. The van der Waals surface area contributed by atoms with Crippen molar-refractivity contribution in [1.29, 1.82) is 0 Å². The summed E-state index contributed by atoms with van der Waals surface area (Å²) in [5.74, 6) is -0.208. The van der Waals surface area contributed by atoms with Crippen molar-refractivity contribution in [3.05, 3.63) is 35.4 Å². The number of nitrogens with zero attached hydrogens (tertiary/aromatic N) is 1. The normalized spacial score (nSPS) is 21.4. The van der Waals surface area contributed by atoms with Crippen LogP contribution in [0, 0.1) is 6.92 Å². The predicted molar refractivity (Wildman–Crippen MR) is 77.5 cm³/mol. The van der Waals surface area contributed by atoms with Crippen molar-refractivity contribution in [3.8, 4) is 0 Å². The van der Waals surface area contributed by atoms with Gasteiger partial charge in [-0.15, -0.1) is 0 Å². The largest absolute Gasteiger partial charge is 0.469 e. The van der Waals surface area contributed by atoms with Crippen molar-refractivity contribution in [1.82, 2.24) is 4.90 Å². The molecule has 2 rings (SSSR count). The Kier molecular flexibility index (Phi) is 5.15. The van der Waals surface area contributed by atoms with Gasteiger partial charge in [-0.1, -0.05) is 29.8 Å². The molecule has 0 radical (unpaired) electrons. The Morgan fingerprint density at radius 2 is 2.35 bits per heavy atom. The molecule has 4 nitrogen and oxygen atoms in total. The van der Waals surface area contributed by atoms with Gasteiger partial charge in [0, 0.05) is 19.1 Å². The molecule has 0 unspecified atom stereocenters. The van der Waals surface area contributed by atoms with E-state index in [4.69, 9.17) is 9.47 Å². The number of esters is 1. The van der Waals surface area contributed by atoms with Crippen LogP contribution in [0.4, 0.5) is 0 Å². The van der Waals surface area contributed by atoms with Crippen molar-refractivity contribution in [2.45, 2.75) is 32.4 Å². The Labute approximate surface area is 120 Å². The smallest absolute Gasteiger partial charge is 0.308 e. The molecule has 1 aliphatic heterocycles. The van der Waals surface area contributed by atoms with Gasteiger partial charge in [0.25, 0.3) is 0 Å². The minimum Gasteiger partial charge on any atom is -0.469 e. The zero-order chi connectivity index (χ0) is 14.5. The van der Waals surface area contributed by atoms with Gasteiger partial charge in [0.05, 0.1) is 26.2 Å². The Morgan fingerprint density at radius 3 is 3.05 bits per heavy atom. The molecule has 2 atom stereocenters. The van der Waals surface area contributed by atoms with Crippen molar-refractivity contribution in [2.24, 2.45) is 0 Å². The van der Waals surface area contributed by atoms with E-state index in [2.05, 4.69) is 43.0 Å². The highest BCUT2D eigenvalue weighted by Crippen LogP contribution is 2.24. The van der Waals surface area contributed by atoms with E-state index in [0.29, 0.717) is 19.1 Å². The topological polar surface area (TPSA) is 38.8 Å². The number of hydrogen-bond donors (Lipinski definition) is 0. The molecule has 1 saturated heterocycles. The van der Waals surface area contributed by atoms with Crippen LogP contribution in [-0.4, -0.2) is 43.8 Å². The molecule has 1 fully saturated rings. The summed E-state index contributed by atoms with van der Waals surface area (Å²) < 4.78 is 10.4. The molecule has 110 valence electrons. The second-order valence-corrected chi connectivity index (χ2v) is 5.36. The molecule has 0 aliphatic carbocycles. The van der Waals surface area contributed by atoms with Crippen LogP contribution in [0.1, 0.15) is 30.5 Å². The lowest BCUT2D eigenvalue weighted by molar-refractivity contribution is -0.146. The minimum absolute atomic E-state index is 0.0662. The number of hydrogen-bond acceptors (Lipinski definition) is 4. The highest BCUT2D eigenvalue weighted by molar-refractivity contribution is 5.69. The first-order valence-electron chi connectivity index (χ1n) is 7.09. The monoisotopic (exact) mass is 277 g/mol. The number of aryl methyl sites for hydroxylation is 1. The summed E-state index contributed by atoms with van der Waals surface area (Å²) in [6, 6.07) is 8.90. The van der Waals surface area contributed by atoms with Gasteiger partial charge >= 0.3 is 5.97 Å². The summed E-state index contributed by atoms with van der Waals surface area (Å²) in [5, 5.41) is 0. The van der Waals surface area contributed by atoms with Gasteiger partial charge in [0.2, 0.25) is 0 Å². The van der Waals surface area contributed by atoms with E-state index in [1.807, 2.05) is 0 Å². The van der Waals surface area contributed by atoms with Crippen LogP contribution in [0.25, 0.3) is 0 Å². The molecule has 4 heteroatoms. The molecule has 0 amide bonds. The fourth-order valence-electron chi connectivity index (χ4n) is 2.63. The summed E-state index contributed by atoms with van der Waals surface area (Å²) in [4.78, 5) is 13.7. The van der Waals surface area contributed by atoms with Crippen LogP contribution in [0.15, 0.2) is 24.3 Å². The Bertz CT molecular complexity index is 461. The van der Waals surface area contributed by atoms with Gasteiger partial charge < -0.3 is 9.47 Å². The fourth-order valence-corrected chi connectivity index (χ4v) is 2.63. The van der Waals surface area contributed by atoms with E-state index < -0.39 is 0 Å². The summed E-state index contributed by atoms with van der Waals surface area (Å²) in [6.45, 7) is 6.64. The van der Waals surface area contributed by atoms with Crippen molar-refractivity contribution in [2.75, 3.05) is 26.8 Å². The van der Waals surface area contributed by atoms with Crippen LogP contribution >= 0.6 is 0 Å². The van der Waals surface area contributed by atoms with Crippen LogP contribution < -0.4 is 0 Å². The molecule has 0 bridgehead atoms. The lowest BCUT2D eigenvalue weighted by Crippen LogP contribution is -2.44. The van der Waals surface area contributed by atoms with Gasteiger partial charge in [-0.2, -0.15) is 0 Å². The maximum absolute atomic E-state index is 11.4. The highest BCUT2D eigenvalue weighted by atomic mass is 16.5. The lowest BCUT2D eigenvalue weighted by Gasteiger charge is -2.36. The Hall–Kier alpha value is -1.39. The molecule has 0 spiro atoms. The molecule has 0 saturated carbocycles. The maximum Gasteiger partial charge on any atom is 0.308 e. The Morgan fingerprint density at radius 1 is 1.55 bits per heavy atom. The summed E-state index contributed by atoms with van der Waals surface area (Å²) in [6.07, 6.45) is 0.261. The summed E-state index contributed by atoms with van der Waals surface area (Å²) in [5.41, 5.74) is 2.58. The van der Waals surface area contributed by atoms with Gasteiger partial charge in [0.15, 0.2) is 0 Å². The molecule has 1 aliphatic rings. The summed E-state index contributed by atoms with van der Waals surface area (Å²) >= 11 is 0. The second kappa shape index (κ2) is 6.86. The van der Waals surface area contributed by atoms with Gasteiger partial charge in [-0.25, -0.2) is 0 Å². The number of carbonyl (C=O) groups excluding carboxylic acids is 1. The minimum atomic E-state index is -0.208. The zero-order valence-electron chi connectivity index (χ0n) is 12.5. The Balaban J connectivity index is 1.99. The molecular weight excluding hydrogens is 254 g/mol. The molecule has 0 aromatic heterocycles. The molecule has 1 aromatic carbocycles. The number of rotatable bonds is 4. The third-order valence-electron chi connectivity index (χ3n) is 3.86. The first-order chi connectivity index (χ1) is 9.60. The number of carbonyl (C=O) groups is 1. The molecular formula is C16H23NO3. The average Bonchev–Trinajstić information content (AvgIpc) is 2.46. The first kappa shape index (κ1) is 15.0. The van der Waals surface area contributed by atoms with E-state index in [1.54, 1.807) is 0 Å². The maximum atomic E-state index is 11.4. The van der Waals surface area contributed by atoms with Crippen molar-refractivity contribution < 1.29 is 14.3 Å². The SMILES string of the molecule is COC(=O)C[C@H]1CN([C@@H](C)c2cccc(C)c2)CCO1. The number of ether oxygens (including phenoxy) is 2. The quantitative estimate of drug-likeness (QED) is 0.792. The van der Waals surface area contributed by atoms with E-state index in [-0.39, 0.29) is 12.1 Å². The van der Waals surface area contributed by atoms with E-state index >= 15 is 0 Å². The molecule has 1 heterocycles. The standard InChI is InChI=1S/C16H23NO3/c1-12-5-4-6-14(9-12)13(2)17-7-8-20-15(11-17)10-16(18)19-3/h4-6,9,13,15H,7-8,10-11H2,1-3H3/t13-,15-/m0/s1. The third-order valence-corrected chi connectivity index (χ3v) is 3.86. The number of morpholine rings is 1. The third kappa shape index (κ3) is 3.81. The highest BCUT2D eigenvalue weighted by Gasteiger charge is 2.26. The average molecular weight is 277 g/mol. The van der Waals surface area contributed by atoms with Crippen LogP contribution in [0.5, 0.6) is 0 Å². The summed E-state index contributed by atoms with van der Waals surface area (Å²) in [7, 11) is 1.41. The van der Waals surface area contributed by atoms with Crippen LogP contribution in [-0.2, 0) is 14.3 Å². The van der Waals surface area contributed by atoms with Crippen molar-refractivity contribution >= 4 is 5.97 Å². The van der Waals surface area contributed by atoms with Gasteiger partial charge in [-0.3, -0.25) is 9.69 Å². The fraction of sp³-hybridized carbons (Fsp3) is 0.562. The van der Waals surface area contributed by atoms with Crippen LogP contribution in [0.2, 0.25) is 0 Å². The second-order valence-electron chi connectivity index (χ2n) is 5.36. The number of methoxy groups -OCH3 is 1. The lowest BCUT2D eigenvalue weighted by atomic mass is 10.0. The van der Waals surface area contributed by atoms with Gasteiger partial charge in [-0.05, 0) is 19.4 Å². The first-order valence-corrected chi connectivity index (χ1v) is 7.09. The van der Waals surface area contributed by atoms with Gasteiger partial charge in [0.1, 0.15) is 0 Å². The molecule has 0 N–H and O–H groups in total. The van der Waals surface area contributed by atoms with E-state index in [1.165, 1.54) is 18.2 Å². The zero-order valence-corrected chi connectivity index (χ0v) is 12.5. The molecule has 20 heavy (non-hydrogen) atoms. The van der Waals surface area contributed by atoms with Crippen LogP contribution in [0.3, 0.4) is 0 Å².